The Bertz CT molecular complexity index is 385. The van der Waals surface area contributed by atoms with Crippen molar-refractivity contribution >= 4 is 42.8 Å². The molecule has 1 radical (unpaired) electrons. The summed E-state index contributed by atoms with van der Waals surface area (Å²) in [5, 5.41) is 1.10. The molecule has 0 saturated heterocycles. The molecule has 0 N–H and O–H groups in total. The van der Waals surface area contributed by atoms with Crippen LogP contribution in [0.1, 0.15) is 0 Å². The van der Waals surface area contributed by atoms with Gasteiger partial charge in [-0.15, -0.1) is 0 Å². The number of hydrogen-bond donors (Lipinski definition) is 0. The first-order valence-corrected chi connectivity index (χ1v) is 4.98. The first-order valence-electron chi connectivity index (χ1n) is 3.40. The third kappa shape index (κ3) is 1.27. The van der Waals surface area contributed by atoms with Crippen LogP contribution in [0.5, 0.6) is 0 Å². The first-order chi connectivity index (χ1) is 5.79. The smallest absolute Gasteiger partial charge is 0.0894 e. The maximum atomic E-state index is 4.14. The lowest BCUT2D eigenvalue weighted by Crippen LogP contribution is -1.80. The standard InChI is InChI=1S/C9H4Br2N/c10-7-3-4-8(11)9-6(7)2-1-5-12-9/h1-4H. The topological polar surface area (TPSA) is 12.9 Å². The Morgan fingerprint density at radius 2 is 1.83 bits per heavy atom. The maximum absolute atomic E-state index is 4.14. The summed E-state index contributed by atoms with van der Waals surface area (Å²) < 4.78 is 2.06. The van der Waals surface area contributed by atoms with Gasteiger partial charge in [-0.3, -0.25) is 0 Å². The van der Waals surface area contributed by atoms with Crippen molar-refractivity contribution in [3.05, 3.63) is 39.4 Å². The van der Waals surface area contributed by atoms with Gasteiger partial charge in [0.2, 0.25) is 0 Å². The second-order valence-corrected chi connectivity index (χ2v) is 4.07. The Morgan fingerprint density at radius 1 is 1.08 bits per heavy atom. The van der Waals surface area contributed by atoms with Crippen molar-refractivity contribution in [2.45, 2.75) is 0 Å². The van der Waals surface area contributed by atoms with Gasteiger partial charge in [0.25, 0.3) is 0 Å². The normalized spacial score (nSPS) is 10.5. The van der Waals surface area contributed by atoms with E-state index in [1.165, 1.54) is 0 Å². The van der Waals surface area contributed by atoms with Crippen LogP contribution in [0.2, 0.25) is 0 Å². The van der Waals surface area contributed by atoms with E-state index in [1.807, 2.05) is 18.2 Å². The van der Waals surface area contributed by atoms with E-state index in [-0.39, 0.29) is 0 Å². The molecule has 0 saturated carbocycles. The summed E-state index contributed by atoms with van der Waals surface area (Å²) >= 11 is 6.88. The van der Waals surface area contributed by atoms with Crippen molar-refractivity contribution in [3.8, 4) is 0 Å². The van der Waals surface area contributed by atoms with Crippen molar-refractivity contribution in [3.63, 3.8) is 0 Å². The highest BCUT2D eigenvalue weighted by molar-refractivity contribution is 9.11. The number of hydrogen-bond acceptors (Lipinski definition) is 1. The molecule has 1 aromatic carbocycles. The zero-order valence-electron chi connectivity index (χ0n) is 6.01. The summed E-state index contributed by atoms with van der Waals surface area (Å²) in [5.41, 5.74) is 0.937. The van der Waals surface area contributed by atoms with Gasteiger partial charge in [0, 0.05) is 14.3 Å². The maximum Gasteiger partial charge on any atom is 0.0894 e. The molecule has 0 aliphatic carbocycles. The number of nitrogens with zero attached hydrogens (tertiary/aromatic N) is 1. The molecule has 0 spiro atoms. The summed E-state index contributed by atoms with van der Waals surface area (Å²) in [7, 11) is 0. The van der Waals surface area contributed by atoms with Crippen molar-refractivity contribution < 1.29 is 0 Å². The summed E-state index contributed by atoms with van der Waals surface area (Å²) in [4.78, 5) is 4.14. The van der Waals surface area contributed by atoms with Crippen LogP contribution in [0.25, 0.3) is 10.9 Å². The lowest BCUT2D eigenvalue weighted by Gasteiger charge is -2.00. The average Bonchev–Trinajstić information content (AvgIpc) is 2.12. The highest BCUT2D eigenvalue weighted by Crippen LogP contribution is 2.27. The first kappa shape index (κ1) is 8.20. The van der Waals surface area contributed by atoms with Gasteiger partial charge < -0.3 is 0 Å². The van der Waals surface area contributed by atoms with E-state index in [0.29, 0.717) is 0 Å². The summed E-state index contributed by atoms with van der Waals surface area (Å²) in [6.07, 6.45) is 2.80. The zero-order chi connectivity index (χ0) is 8.55. The van der Waals surface area contributed by atoms with Gasteiger partial charge in [-0.05, 0) is 40.2 Å². The van der Waals surface area contributed by atoms with Crippen molar-refractivity contribution in [1.82, 2.24) is 4.98 Å². The third-order valence-corrected chi connectivity index (χ3v) is 2.95. The van der Waals surface area contributed by atoms with E-state index < -0.39 is 0 Å². The molecule has 2 aromatic rings. The number of pyridine rings is 1. The Hall–Kier alpha value is -0.410. The molecule has 59 valence electrons. The van der Waals surface area contributed by atoms with E-state index in [4.69, 9.17) is 0 Å². The van der Waals surface area contributed by atoms with Crippen LogP contribution in [0.4, 0.5) is 0 Å². The molecule has 0 fully saturated rings. The molecular weight excluding hydrogens is 282 g/mol. The van der Waals surface area contributed by atoms with Crippen LogP contribution in [0.3, 0.4) is 0 Å². The summed E-state index contributed by atoms with van der Waals surface area (Å²) in [6, 6.07) is 7.75. The molecule has 2 rings (SSSR count). The number of fused-ring (bicyclic) bond motifs is 1. The Kier molecular flexibility index (Phi) is 2.15. The fraction of sp³-hybridized carbons (Fsp3) is 0. The number of halogens is 2. The van der Waals surface area contributed by atoms with Crippen LogP contribution >= 0.6 is 31.9 Å². The number of aromatic nitrogens is 1. The van der Waals surface area contributed by atoms with E-state index >= 15 is 0 Å². The van der Waals surface area contributed by atoms with E-state index in [0.717, 1.165) is 19.8 Å². The minimum atomic E-state index is 0.937. The molecule has 0 amide bonds. The second-order valence-electron chi connectivity index (χ2n) is 2.37. The summed E-state index contributed by atoms with van der Waals surface area (Å²) in [6.45, 7) is 0. The van der Waals surface area contributed by atoms with Crippen LogP contribution in [-0.2, 0) is 0 Å². The highest BCUT2D eigenvalue weighted by Gasteiger charge is 2.01. The van der Waals surface area contributed by atoms with Crippen molar-refractivity contribution in [1.29, 1.82) is 0 Å². The highest BCUT2D eigenvalue weighted by atomic mass is 79.9. The summed E-state index contributed by atoms with van der Waals surface area (Å²) in [5.74, 6) is 0. The largest absolute Gasteiger partial charge is 0.245 e. The van der Waals surface area contributed by atoms with Gasteiger partial charge in [-0.25, -0.2) is 4.98 Å². The number of rotatable bonds is 0. The molecule has 3 heteroatoms. The van der Waals surface area contributed by atoms with Gasteiger partial charge in [-0.2, -0.15) is 0 Å². The SMILES string of the molecule is Brc1ccc(Br)c2n[c]ccc12. The van der Waals surface area contributed by atoms with Crippen LogP contribution in [0.15, 0.2) is 33.2 Å². The van der Waals surface area contributed by atoms with Crippen LogP contribution < -0.4 is 0 Å². The quantitative estimate of drug-likeness (QED) is 0.721. The van der Waals surface area contributed by atoms with Crippen molar-refractivity contribution in [2.75, 3.05) is 0 Å². The molecule has 0 aliphatic heterocycles. The number of benzene rings is 1. The van der Waals surface area contributed by atoms with Crippen LogP contribution in [-0.4, -0.2) is 4.98 Å². The molecular formula is C9H4Br2N. The third-order valence-electron chi connectivity index (χ3n) is 1.62. The van der Waals surface area contributed by atoms with Gasteiger partial charge >= 0.3 is 0 Å². The van der Waals surface area contributed by atoms with E-state index in [1.54, 1.807) is 6.07 Å². The van der Waals surface area contributed by atoms with Gasteiger partial charge in [0.05, 0.1) is 11.7 Å². The van der Waals surface area contributed by atoms with Gasteiger partial charge in [0.15, 0.2) is 0 Å². The molecule has 1 heterocycles. The fourth-order valence-corrected chi connectivity index (χ4v) is 1.94. The molecule has 1 aromatic heterocycles. The fourth-order valence-electron chi connectivity index (χ4n) is 1.05. The molecule has 0 atom stereocenters. The van der Waals surface area contributed by atoms with Crippen molar-refractivity contribution in [2.24, 2.45) is 0 Å². The molecule has 1 nitrogen and oxygen atoms in total. The predicted molar refractivity (Wildman–Crippen MR) is 56.0 cm³/mol. The second kappa shape index (κ2) is 3.15. The van der Waals surface area contributed by atoms with Gasteiger partial charge in [0.1, 0.15) is 0 Å². The minimum Gasteiger partial charge on any atom is -0.245 e. The zero-order valence-corrected chi connectivity index (χ0v) is 9.18. The van der Waals surface area contributed by atoms with Gasteiger partial charge in [-0.1, -0.05) is 15.9 Å². The van der Waals surface area contributed by atoms with Crippen LogP contribution in [0, 0.1) is 6.20 Å². The monoisotopic (exact) mass is 284 g/mol. The Balaban J connectivity index is 2.95. The lowest BCUT2D eigenvalue weighted by molar-refractivity contribution is 1.38. The minimum absolute atomic E-state index is 0.937. The average molecular weight is 286 g/mol. The lowest BCUT2D eigenvalue weighted by atomic mass is 10.2. The molecule has 0 bridgehead atoms. The predicted octanol–water partition coefficient (Wildman–Crippen LogP) is 3.56. The van der Waals surface area contributed by atoms with E-state index in [9.17, 15) is 0 Å². The molecule has 0 unspecified atom stereocenters. The Morgan fingerprint density at radius 3 is 2.58 bits per heavy atom. The molecule has 12 heavy (non-hydrogen) atoms. The van der Waals surface area contributed by atoms with E-state index in [2.05, 4.69) is 43.0 Å². The Labute approximate surface area is 87.1 Å². The molecule has 0 aliphatic rings.